The molecule has 0 N–H and O–H groups in total. The molecule has 0 radical (unpaired) electrons. The SMILES string of the molecule is CCCCN(Cc1cccn1Cc1cccc(OC)c1)C(=O)CC(C)C. The summed E-state index contributed by atoms with van der Waals surface area (Å²) >= 11 is 0. The minimum Gasteiger partial charge on any atom is -0.497 e. The Morgan fingerprint density at radius 1 is 1.23 bits per heavy atom. The van der Waals surface area contributed by atoms with Crippen LogP contribution in [-0.2, 0) is 17.9 Å². The second kappa shape index (κ2) is 10.0. The Balaban J connectivity index is 2.11. The van der Waals surface area contributed by atoms with E-state index in [1.807, 2.05) is 17.0 Å². The number of methoxy groups -OCH3 is 1. The Morgan fingerprint density at radius 2 is 2.04 bits per heavy atom. The number of carbonyl (C=O) groups excluding carboxylic acids is 1. The molecular formula is C22H32N2O2. The normalized spacial score (nSPS) is 11.0. The van der Waals surface area contributed by atoms with Crippen molar-refractivity contribution in [3.05, 3.63) is 53.9 Å². The molecule has 4 nitrogen and oxygen atoms in total. The number of hydrogen-bond acceptors (Lipinski definition) is 2. The van der Waals surface area contributed by atoms with Gasteiger partial charge in [0, 0.05) is 31.4 Å². The third kappa shape index (κ3) is 5.94. The van der Waals surface area contributed by atoms with Crippen LogP contribution in [0.3, 0.4) is 0 Å². The quantitative estimate of drug-likeness (QED) is 0.617. The molecule has 2 aromatic rings. The average Bonchev–Trinajstić information content (AvgIpc) is 3.04. The smallest absolute Gasteiger partial charge is 0.223 e. The van der Waals surface area contributed by atoms with Crippen molar-refractivity contribution in [3.8, 4) is 5.75 Å². The van der Waals surface area contributed by atoms with Gasteiger partial charge in [0.1, 0.15) is 5.75 Å². The van der Waals surface area contributed by atoms with Gasteiger partial charge in [-0.2, -0.15) is 0 Å². The Kier molecular flexibility index (Phi) is 7.76. The van der Waals surface area contributed by atoms with Crippen LogP contribution in [0.5, 0.6) is 5.75 Å². The van der Waals surface area contributed by atoms with Crippen molar-refractivity contribution < 1.29 is 9.53 Å². The van der Waals surface area contributed by atoms with Gasteiger partial charge < -0.3 is 14.2 Å². The fraction of sp³-hybridized carbons (Fsp3) is 0.500. The molecule has 26 heavy (non-hydrogen) atoms. The summed E-state index contributed by atoms with van der Waals surface area (Å²) in [5, 5.41) is 0. The van der Waals surface area contributed by atoms with Crippen molar-refractivity contribution in [2.24, 2.45) is 5.92 Å². The lowest BCUT2D eigenvalue weighted by Crippen LogP contribution is -2.33. The highest BCUT2D eigenvalue weighted by atomic mass is 16.5. The number of ether oxygens (including phenoxy) is 1. The highest BCUT2D eigenvalue weighted by Crippen LogP contribution is 2.17. The van der Waals surface area contributed by atoms with Crippen LogP contribution in [0, 0.1) is 5.92 Å². The molecular weight excluding hydrogens is 324 g/mol. The highest BCUT2D eigenvalue weighted by Gasteiger charge is 2.16. The van der Waals surface area contributed by atoms with E-state index in [1.54, 1.807) is 7.11 Å². The lowest BCUT2D eigenvalue weighted by molar-refractivity contribution is -0.132. The zero-order valence-electron chi connectivity index (χ0n) is 16.6. The van der Waals surface area contributed by atoms with Gasteiger partial charge in [0.2, 0.25) is 5.91 Å². The minimum absolute atomic E-state index is 0.252. The van der Waals surface area contributed by atoms with Gasteiger partial charge in [-0.15, -0.1) is 0 Å². The van der Waals surface area contributed by atoms with Gasteiger partial charge in [-0.1, -0.05) is 39.3 Å². The fourth-order valence-corrected chi connectivity index (χ4v) is 3.03. The number of unbranched alkanes of at least 4 members (excludes halogenated alkanes) is 1. The summed E-state index contributed by atoms with van der Waals surface area (Å²) in [4.78, 5) is 14.7. The molecule has 142 valence electrons. The van der Waals surface area contributed by atoms with Gasteiger partial charge in [0.25, 0.3) is 0 Å². The van der Waals surface area contributed by atoms with Crippen molar-refractivity contribution in [1.29, 1.82) is 0 Å². The van der Waals surface area contributed by atoms with E-state index in [-0.39, 0.29) is 5.91 Å². The number of amides is 1. The lowest BCUT2D eigenvalue weighted by atomic mass is 10.1. The van der Waals surface area contributed by atoms with Crippen LogP contribution >= 0.6 is 0 Å². The summed E-state index contributed by atoms with van der Waals surface area (Å²) in [6, 6.07) is 12.3. The molecule has 0 aliphatic carbocycles. The molecule has 1 aromatic heterocycles. The van der Waals surface area contributed by atoms with Gasteiger partial charge in [-0.05, 0) is 42.2 Å². The average molecular weight is 357 g/mol. The summed E-state index contributed by atoms with van der Waals surface area (Å²) in [5.74, 6) is 1.51. The summed E-state index contributed by atoms with van der Waals surface area (Å²) in [6.45, 7) is 8.63. The van der Waals surface area contributed by atoms with Crippen LogP contribution in [-0.4, -0.2) is 29.0 Å². The van der Waals surface area contributed by atoms with Crippen molar-refractivity contribution in [1.82, 2.24) is 9.47 Å². The van der Waals surface area contributed by atoms with E-state index in [0.29, 0.717) is 18.9 Å². The first-order valence-electron chi connectivity index (χ1n) is 9.58. The van der Waals surface area contributed by atoms with Crippen LogP contribution in [0.2, 0.25) is 0 Å². The number of carbonyl (C=O) groups is 1. The largest absolute Gasteiger partial charge is 0.497 e. The lowest BCUT2D eigenvalue weighted by Gasteiger charge is -2.24. The molecule has 0 unspecified atom stereocenters. The zero-order valence-corrected chi connectivity index (χ0v) is 16.6. The van der Waals surface area contributed by atoms with E-state index >= 15 is 0 Å². The van der Waals surface area contributed by atoms with Crippen molar-refractivity contribution in [3.63, 3.8) is 0 Å². The number of benzene rings is 1. The predicted octanol–water partition coefficient (Wildman–Crippen LogP) is 4.72. The Hall–Kier alpha value is -2.23. The van der Waals surface area contributed by atoms with Crippen LogP contribution < -0.4 is 4.74 Å². The molecule has 0 aliphatic heterocycles. The molecule has 1 aromatic carbocycles. The van der Waals surface area contributed by atoms with Crippen molar-refractivity contribution >= 4 is 5.91 Å². The number of rotatable bonds is 10. The molecule has 1 amide bonds. The fourth-order valence-electron chi connectivity index (χ4n) is 3.03. The van der Waals surface area contributed by atoms with Crippen LogP contribution in [0.25, 0.3) is 0 Å². The third-order valence-corrected chi connectivity index (χ3v) is 4.48. The Bertz CT molecular complexity index is 691. The molecule has 1 heterocycles. The van der Waals surface area contributed by atoms with E-state index in [9.17, 15) is 4.79 Å². The Labute approximate surface area is 157 Å². The van der Waals surface area contributed by atoms with E-state index in [0.717, 1.165) is 31.7 Å². The van der Waals surface area contributed by atoms with Crippen LogP contribution in [0.15, 0.2) is 42.6 Å². The van der Waals surface area contributed by atoms with E-state index < -0.39 is 0 Å². The van der Waals surface area contributed by atoms with Crippen molar-refractivity contribution in [2.75, 3.05) is 13.7 Å². The number of aromatic nitrogens is 1. The molecule has 0 aliphatic rings. The first kappa shape index (κ1) is 20.1. The second-order valence-corrected chi connectivity index (χ2v) is 7.25. The topological polar surface area (TPSA) is 34.5 Å². The summed E-state index contributed by atoms with van der Waals surface area (Å²) in [7, 11) is 1.69. The van der Waals surface area contributed by atoms with E-state index in [4.69, 9.17) is 4.74 Å². The van der Waals surface area contributed by atoms with E-state index in [2.05, 4.69) is 55.8 Å². The first-order chi connectivity index (χ1) is 12.5. The van der Waals surface area contributed by atoms with Crippen molar-refractivity contribution in [2.45, 2.75) is 53.1 Å². The van der Waals surface area contributed by atoms with Gasteiger partial charge in [0.05, 0.1) is 13.7 Å². The van der Waals surface area contributed by atoms with Crippen LogP contribution in [0.4, 0.5) is 0 Å². The number of nitrogens with zero attached hydrogens (tertiary/aromatic N) is 2. The minimum atomic E-state index is 0.252. The molecule has 0 saturated carbocycles. The molecule has 0 saturated heterocycles. The molecule has 0 atom stereocenters. The van der Waals surface area contributed by atoms with Gasteiger partial charge in [0.15, 0.2) is 0 Å². The highest BCUT2D eigenvalue weighted by molar-refractivity contribution is 5.76. The third-order valence-electron chi connectivity index (χ3n) is 4.48. The van der Waals surface area contributed by atoms with Gasteiger partial charge in [-0.3, -0.25) is 4.79 Å². The second-order valence-electron chi connectivity index (χ2n) is 7.25. The standard InChI is InChI=1S/C22H32N2O2/c1-5-6-12-24(22(25)14-18(2)3)17-20-10-8-13-23(20)16-19-9-7-11-21(15-19)26-4/h7-11,13,15,18H,5-6,12,14,16-17H2,1-4H3. The summed E-state index contributed by atoms with van der Waals surface area (Å²) in [6.07, 6.45) is 4.83. The summed E-state index contributed by atoms with van der Waals surface area (Å²) in [5.41, 5.74) is 2.36. The number of hydrogen-bond donors (Lipinski definition) is 0. The Morgan fingerprint density at radius 3 is 2.73 bits per heavy atom. The first-order valence-corrected chi connectivity index (χ1v) is 9.58. The maximum absolute atomic E-state index is 12.6. The predicted molar refractivity (Wildman–Crippen MR) is 106 cm³/mol. The van der Waals surface area contributed by atoms with Crippen LogP contribution in [0.1, 0.15) is 51.3 Å². The molecule has 4 heteroatoms. The molecule has 2 rings (SSSR count). The van der Waals surface area contributed by atoms with Gasteiger partial charge >= 0.3 is 0 Å². The van der Waals surface area contributed by atoms with Gasteiger partial charge in [-0.25, -0.2) is 0 Å². The molecule has 0 spiro atoms. The summed E-state index contributed by atoms with van der Waals surface area (Å²) < 4.78 is 7.54. The maximum Gasteiger partial charge on any atom is 0.223 e. The molecule has 0 bridgehead atoms. The maximum atomic E-state index is 12.6. The molecule has 0 fully saturated rings. The van der Waals surface area contributed by atoms with E-state index in [1.165, 1.54) is 11.3 Å². The zero-order chi connectivity index (χ0) is 18.9. The monoisotopic (exact) mass is 356 g/mol.